The summed E-state index contributed by atoms with van der Waals surface area (Å²) >= 11 is 12.6. The van der Waals surface area contributed by atoms with E-state index < -0.39 is 15.7 Å². The van der Waals surface area contributed by atoms with Gasteiger partial charge in [0, 0.05) is 12.1 Å². The zero-order chi connectivity index (χ0) is 17.4. The minimum atomic E-state index is -1.13. The van der Waals surface area contributed by atoms with Crippen LogP contribution in [0.4, 0.5) is 5.69 Å². The van der Waals surface area contributed by atoms with Crippen LogP contribution >= 0.6 is 23.2 Å². The fourth-order valence-corrected chi connectivity index (χ4v) is 3.54. The lowest BCUT2D eigenvalue weighted by molar-refractivity contribution is -0.118. The van der Waals surface area contributed by atoms with Gasteiger partial charge in [0.2, 0.25) is 5.91 Å². The second-order valence-corrected chi connectivity index (χ2v) is 7.16. The molecule has 1 N–H and O–H groups in total. The van der Waals surface area contributed by atoms with Gasteiger partial charge in [0.25, 0.3) is 0 Å². The molecule has 0 heterocycles. The van der Waals surface area contributed by atoms with Crippen molar-refractivity contribution < 1.29 is 14.3 Å². The quantitative estimate of drug-likeness (QED) is 0.661. The largest absolute Gasteiger partial charge is 0.465 e. The third-order valence-electron chi connectivity index (χ3n) is 4.20. The standard InChI is InChI=1S/C18H15Cl2NO3/c1-24-15(22)12-7-9-14(10-8-12)21-16(23)17(11-18(17,19)20)13-5-3-2-4-6-13/h2-10H,11H2,1H3,(H,21,23). The highest BCUT2D eigenvalue weighted by Crippen LogP contribution is 2.65. The Bertz CT molecular complexity index is 775. The predicted molar refractivity (Wildman–Crippen MR) is 93.6 cm³/mol. The highest BCUT2D eigenvalue weighted by atomic mass is 35.5. The number of nitrogens with one attached hydrogen (secondary N) is 1. The first kappa shape index (κ1) is 16.8. The van der Waals surface area contributed by atoms with E-state index in [1.165, 1.54) is 7.11 Å². The summed E-state index contributed by atoms with van der Waals surface area (Å²) in [6, 6.07) is 15.7. The van der Waals surface area contributed by atoms with Gasteiger partial charge in [-0.1, -0.05) is 30.3 Å². The van der Waals surface area contributed by atoms with Crippen molar-refractivity contribution in [1.82, 2.24) is 0 Å². The van der Waals surface area contributed by atoms with Gasteiger partial charge in [-0.3, -0.25) is 4.79 Å². The maximum Gasteiger partial charge on any atom is 0.337 e. The monoisotopic (exact) mass is 363 g/mol. The van der Waals surface area contributed by atoms with Crippen LogP contribution in [0.25, 0.3) is 0 Å². The molecule has 4 nitrogen and oxygen atoms in total. The minimum Gasteiger partial charge on any atom is -0.465 e. The number of carbonyl (C=O) groups excluding carboxylic acids is 2. The van der Waals surface area contributed by atoms with Crippen LogP contribution in [0.5, 0.6) is 0 Å². The van der Waals surface area contributed by atoms with Crippen molar-refractivity contribution in [1.29, 1.82) is 0 Å². The number of amides is 1. The molecule has 0 radical (unpaired) electrons. The zero-order valence-corrected chi connectivity index (χ0v) is 14.4. The number of benzene rings is 2. The van der Waals surface area contributed by atoms with E-state index >= 15 is 0 Å². The Morgan fingerprint density at radius 3 is 2.12 bits per heavy atom. The SMILES string of the molecule is COC(=O)c1ccc(NC(=O)C2(c3ccccc3)CC2(Cl)Cl)cc1. The Kier molecular flexibility index (Phi) is 4.28. The van der Waals surface area contributed by atoms with E-state index in [2.05, 4.69) is 10.1 Å². The molecule has 0 bridgehead atoms. The van der Waals surface area contributed by atoms with E-state index in [1.807, 2.05) is 30.3 Å². The van der Waals surface area contributed by atoms with E-state index in [1.54, 1.807) is 24.3 Å². The number of esters is 1. The fraction of sp³-hybridized carbons (Fsp3) is 0.222. The van der Waals surface area contributed by atoms with Crippen LogP contribution in [0.2, 0.25) is 0 Å². The number of ether oxygens (including phenoxy) is 1. The van der Waals surface area contributed by atoms with Crippen LogP contribution in [-0.2, 0) is 14.9 Å². The molecule has 124 valence electrons. The normalized spacial score (nSPS) is 21.0. The molecule has 1 aliphatic carbocycles. The summed E-state index contributed by atoms with van der Waals surface area (Å²) in [7, 11) is 1.31. The molecule has 1 amide bonds. The van der Waals surface area contributed by atoms with Gasteiger partial charge >= 0.3 is 5.97 Å². The first-order chi connectivity index (χ1) is 11.4. The number of hydrogen-bond donors (Lipinski definition) is 1. The fourth-order valence-electron chi connectivity index (χ4n) is 2.75. The molecule has 2 aromatic carbocycles. The molecule has 0 spiro atoms. The van der Waals surface area contributed by atoms with E-state index in [0.29, 0.717) is 17.7 Å². The first-order valence-electron chi connectivity index (χ1n) is 7.34. The maximum atomic E-state index is 12.8. The van der Waals surface area contributed by atoms with Gasteiger partial charge in [-0.25, -0.2) is 4.79 Å². The Hall–Kier alpha value is -2.04. The molecule has 1 saturated carbocycles. The molecule has 1 unspecified atom stereocenters. The summed E-state index contributed by atoms with van der Waals surface area (Å²) in [6.45, 7) is 0. The van der Waals surface area contributed by atoms with Crippen molar-refractivity contribution in [2.45, 2.75) is 16.2 Å². The summed E-state index contributed by atoms with van der Waals surface area (Å²) in [4.78, 5) is 24.3. The van der Waals surface area contributed by atoms with Crippen molar-refractivity contribution in [2.75, 3.05) is 12.4 Å². The third-order valence-corrected chi connectivity index (χ3v) is 5.12. The van der Waals surface area contributed by atoms with Gasteiger partial charge in [0.15, 0.2) is 0 Å². The van der Waals surface area contributed by atoms with E-state index in [9.17, 15) is 9.59 Å². The number of anilines is 1. The molecule has 1 fully saturated rings. The zero-order valence-electron chi connectivity index (χ0n) is 12.9. The van der Waals surface area contributed by atoms with Gasteiger partial charge in [0.1, 0.15) is 9.75 Å². The highest BCUT2D eigenvalue weighted by molar-refractivity contribution is 6.54. The molecule has 6 heteroatoms. The van der Waals surface area contributed by atoms with E-state index in [-0.39, 0.29) is 5.91 Å². The molecule has 0 saturated heterocycles. The lowest BCUT2D eigenvalue weighted by Gasteiger charge is -2.18. The molecular weight excluding hydrogens is 349 g/mol. The molecule has 1 atom stereocenters. The summed E-state index contributed by atoms with van der Waals surface area (Å²) in [5.41, 5.74) is 0.764. The lowest BCUT2D eigenvalue weighted by Crippen LogP contribution is -2.32. The average molecular weight is 364 g/mol. The number of hydrogen-bond acceptors (Lipinski definition) is 3. The lowest BCUT2D eigenvalue weighted by atomic mass is 9.94. The number of alkyl halides is 2. The van der Waals surface area contributed by atoms with Gasteiger partial charge in [-0.15, -0.1) is 23.2 Å². The van der Waals surface area contributed by atoms with Crippen LogP contribution in [0.15, 0.2) is 54.6 Å². The topological polar surface area (TPSA) is 55.4 Å². The smallest absolute Gasteiger partial charge is 0.337 e. The number of carbonyl (C=O) groups is 2. The molecule has 3 rings (SSSR count). The summed E-state index contributed by atoms with van der Waals surface area (Å²) in [6.07, 6.45) is 0.346. The first-order valence-corrected chi connectivity index (χ1v) is 8.09. The van der Waals surface area contributed by atoms with Crippen LogP contribution in [0.3, 0.4) is 0 Å². The van der Waals surface area contributed by atoms with E-state index in [4.69, 9.17) is 23.2 Å². The van der Waals surface area contributed by atoms with Crippen LogP contribution in [0, 0.1) is 0 Å². The molecular formula is C18H15Cl2NO3. The van der Waals surface area contributed by atoms with Crippen molar-refractivity contribution in [3.05, 3.63) is 65.7 Å². The molecule has 0 aliphatic heterocycles. The Balaban J connectivity index is 1.82. The summed E-state index contributed by atoms with van der Waals surface area (Å²) < 4.78 is 3.51. The predicted octanol–water partition coefficient (Wildman–Crippen LogP) is 3.93. The van der Waals surface area contributed by atoms with Crippen molar-refractivity contribution in [3.8, 4) is 0 Å². The van der Waals surface area contributed by atoms with Crippen LogP contribution in [-0.4, -0.2) is 23.3 Å². The van der Waals surface area contributed by atoms with Gasteiger partial charge < -0.3 is 10.1 Å². The number of rotatable bonds is 4. The second-order valence-electron chi connectivity index (χ2n) is 5.68. The molecule has 2 aromatic rings. The molecule has 1 aliphatic rings. The summed E-state index contributed by atoms with van der Waals surface area (Å²) in [5, 5.41) is 2.82. The average Bonchev–Trinajstić information content (AvgIpc) is 3.19. The van der Waals surface area contributed by atoms with Gasteiger partial charge in [-0.2, -0.15) is 0 Å². The second kappa shape index (κ2) is 6.11. The van der Waals surface area contributed by atoms with Crippen molar-refractivity contribution in [3.63, 3.8) is 0 Å². The number of methoxy groups -OCH3 is 1. The molecule has 0 aromatic heterocycles. The Morgan fingerprint density at radius 2 is 1.62 bits per heavy atom. The van der Waals surface area contributed by atoms with Crippen molar-refractivity contribution in [2.24, 2.45) is 0 Å². The highest BCUT2D eigenvalue weighted by Gasteiger charge is 2.72. The van der Waals surface area contributed by atoms with Gasteiger partial charge in [-0.05, 0) is 29.8 Å². The van der Waals surface area contributed by atoms with Gasteiger partial charge in [0.05, 0.1) is 12.7 Å². The Morgan fingerprint density at radius 1 is 1.04 bits per heavy atom. The number of halogens is 2. The van der Waals surface area contributed by atoms with E-state index in [0.717, 1.165) is 5.56 Å². The summed E-state index contributed by atoms with van der Waals surface area (Å²) in [5.74, 6) is -0.708. The molecule has 24 heavy (non-hydrogen) atoms. The van der Waals surface area contributed by atoms with Crippen molar-refractivity contribution >= 4 is 40.8 Å². The Labute approximate surface area is 149 Å². The van der Waals surface area contributed by atoms with Crippen LogP contribution < -0.4 is 5.32 Å². The third kappa shape index (κ3) is 2.76. The minimum absolute atomic E-state index is 0.274. The van der Waals surface area contributed by atoms with Crippen LogP contribution in [0.1, 0.15) is 22.3 Å². The maximum absolute atomic E-state index is 12.8.